The average molecular weight is 458 g/mol. The van der Waals surface area contributed by atoms with Crippen molar-refractivity contribution >= 4 is 63.3 Å². The van der Waals surface area contributed by atoms with E-state index in [1.807, 2.05) is 6.26 Å². The Morgan fingerprint density at radius 3 is 2.71 bits per heavy atom. The third-order valence-electron chi connectivity index (χ3n) is 4.30. The lowest BCUT2D eigenvalue weighted by atomic mass is 9.96. The van der Waals surface area contributed by atoms with Gasteiger partial charge in [0.2, 0.25) is 11.1 Å². The van der Waals surface area contributed by atoms with Gasteiger partial charge in [0.25, 0.3) is 0 Å². The third kappa shape index (κ3) is 5.49. The van der Waals surface area contributed by atoms with Gasteiger partial charge < -0.3 is 10.1 Å². The number of hydrogen-bond acceptors (Lipinski definition) is 9. The maximum atomic E-state index is 12.6. The van der Waals surface area contributed by atoms with Crippen LogP contribution < -0.4 is 5.32 Å². The van der Waals surface area contributed by atoms with E-state index < -0.39 is 0 Å². The molecule has 1 N–H and O–H groups in total. The molecule has 1 aliphatic rings. The summed E-state index contributed by atoms with van der Waals surface area (Å²) in [5.74, 6) is -0.253. The summed E-state index contributed by atoms with van der Waals surface area (Å²) < 4.78 is 10.2. The molecule has 0 saturated heterocycles. The summed E-state index contributed by atoms with van der Waals surface area (Å²) in [7, 11) is 0. The van der Waals surface area contributed by atoms with Crippen LogP contribution >= 0.6 is 46.4 Å². The van der Waals surface area contributed by atoms with Crippen LogP contribution in [-0.2, 0) is 22.4 Å². The van der Waals surface area contributed by atoms with Crippen molar-refractivity contribution in [1.29, 1.82) is 0 Å². The molecule has 0 saturated carbocycles. The summed E-state index contributed by atoms with van der Waals surface area (Å²) in [5.41, 5.74) is 1.63. The van der Waals surface area contributed by atoms with Crippen LogP contribution in [0.4, 0.5) is 5.00 Å². The largest absolute Gasteiger partial charge is 0.462 e. The number of amides is 1. The zero-order valence-electron chi connectivity index (χ0n) is 15.9. The van der Waals surface area contributed by atoms with Crippen molar-refractivity contribution in [2.75, 3.05) is 23.9 Å². The van der Waals surface area contributed by atoms with Crippen molar-refractivity contribution in [3.8, 4) is 0 Å². The number of anilines is 1. The molecule has 0 bridgehead atoms. The minimum atomic E-state index is -0.336. The summed E-state index contributed by atoms with van der Waals surface area (Å²) in [6.07, 6.45) is 8.32. The van der Waals surface area contributed by atoms with Crippen LogP contribution in [0.25, 0.3) is 0 Å². The van der Waals surface area contributed by atoms with Crippen molar-refractivity contribution < 1.29 is 14.3 Å². The Bertz CT molecular complexity index is 834. The summed E-state index contributed by atoms with van der Waals surface area (Å²) in [6, 6.07) is 0. The molecule has 1 aliphatic carbocycles. The number of nitrogens with zero attached hydrogens (tertiary/aromatic N) is 2. The third-order valence-corrected chi connectivity index (χ3v) is 8.01. The summed E-state index contributed by atoms with van der Waals surface area (Å²) in [4.78, 5) is 30.7. The highest BCUT2D eigenvalue weighted by atomic mass is 32.2. The van der Waals surface area contributed by atoms with Gasteiger partial charge in [-0.15, -0.1) is 11.3 Å². The van der Waals surface area contributed by atoms with Crippen LogP contribution in [0.1, 0.15) is 53.4 Å². The number of thioether (sulfide) groups is 2. The Balaban J connectivity index is 1.74. The molecule has 0 atom stereocenters. The maximum Gasteiger partial charge on any atom is 0.341 e. The highest BCUT2D eigenvalue weighted by molar-refractivity contribution is 8.01. The summed E-state index contributed by atoms with van der Waals surface area (Å²) in [5, 5.41) is 4.29. The molecule has 10 heteroatoms. The van der Waals surface area contributed by atoms with E-state index in [1.54, 1.807) is 6.92 Å². The molecule has 2 heterocycles. The van der Waals surface area contributed by atoms with Gasteiger partial charge in [0.15, 0.2) is 4.34 Å². The molecule has 1 amide bonds. The lowest BCUT2D eigenvalue weighted by Gasteiger charge is -2.11. The average Bonchev–Trinajstić information content (AvgIpc) is 3.25. The fourth-order valence-electron chi connectivity index (χ4n) is 3.06. The lowest BCUT2D eigenvalue weighted by Crippen LogP contribution is -2.17. The molecule has 28 heavy (non-hydrogen) atoms. The molecule has 0 aromatic carbocycles. The standard InChI is InChI=1S/C18H23N3O3S4/c1-3-24-16(23)14-11-8-6-4-5-7-9-12(11)27-15(14)19-13(22)10-26-18-20-17(25-2)21-28-18/h3-10H2,1-2H3,(H,19,22). The summed E-state index contributed by atoms with van der Waals surface area (Å²) >= 11 is 5.66. The predicted octanol–water partition coefficient (Wildman–Crippen LogP) is 4.89. The monoisotopic (exact) mass is 457 g/mol. The van der Waals surface area contributed by atoms with Gasteiger partial charge >= 0.3 is 5.97 Å². The number of thiophene rings is 1. The second-order valence-electron chi connectivity index (χ2n) is 6.23. The van der Waals surface area contributed by atoms with E-state index in [9.17, 15) is 9.59 Å². The Labute approximate surface area is 181 Å². The highest BCUT2D eigenvalue weighted by Gasteiger charge is 2.26. The van der Waals surface area contributed by atoms with Crippen LogP contribution in [-0.4, -0.2) is 39.8 Å². The van der Waals surface area contributed by atoms with Crippen molar-refractivity contribution in [3.05, 3.63) is 16.0 Å². The molecular formula is C18H23N3O3S4. The number of fused-ring (bicyclic) bond motifs is 1. The Kier molecular flexibility index (Phi) is 8.19. The number of rotatable bonds is 7. The van der Waals surface area contributed by atoms with Gasteiger partial charge in [0.1, 0.15) is 5.00 Å². The highest BCUT2D eigenvalue weighted by Crippen LogP contribution is 2.37. The normalized spacial score (nSPS) is 14.1. The molecule has 0 radical (unpaired) electrons. The molecule has 0 spiro atoms. The van der Waals surface area contributed by atoms with Crippen LogP contribution in [0.2, 0.25) is 0 Å². The molecule has 0 fully saturated rings. The number of hydrogen-bond donors (Lipinski definition) is 1. The van der Waals surface area contributed by atoms with Gasteiger partial charge in [0, 0.05) is 4.88 Å². The minimum Gasteiger partial charge on any atom is -0.462 e. The first-order chi connectivity index (χ1) is 13.6. The van der Waals surface area contributed by atoms with Crippen LogP contribution in [0.3, 0.4) is 0 Å². The van der Waals surface area contributed by atoms with Crippen molar-refractivity contribution in [2.24, 2.45) is 0 Å². The van der Waals surface area contributed by atoms with E-state index in [0.29, 0.717) is 17.2 Å². The second-order valence-corrected chi connectivity index (χ2v) is 10.1. The van der Waals surface area contributed by atoms with E-state index in [0.717, 1.165) is 40.7 Å². The van der Waals surface area contributed by atoms with Gasteiger partial charge in [-0.25, -0.2) is 9.78 Å². The molecule has 2 aromatic heterocycles. The molecule has 152 valence electrons. The van der Waals surface area contributed by atoms with Crippen LogP contribution in [0.5, 0.6) is 0 Å². The number of nitrogens with one attached hydrogen (secondary N) is 1. The second kappa shape index (κ2) is 10.6. The number of aryl methyl sites for hydroxylation is 1. The van der Waals surface area contributed by atoms with Gasteiger partial charge in [-0.2, -0.15) is 4.37 Å². The Morgan fingerprint density at radius 1 is 1.21 bits per heavy atom. The first-order valence-corrected chi connectivity index (χ1v) is 13.0. The van der Waals surface area contributed by atoms with Crippen molar-refractivity contribution in [2.45, 2.75) is 54.9 Å². The minimum absolute atomic E-state index is 0.148. The number of carbonyl (C=O) groups excluding carboxylic acids is 2. The number of aromatic nitrogens is 2. The lowest BCUT2D eigenvalue weighted by molar-refractivity contribution is -0.113. The van der Waals surface area contributed by atoms with E-state index >= 15 is 0 Å². The topological polar surface area (TPSA) is 81.2 Å². The van der Waals surface area contributed by atoms with Crippen molar-refractivity contribution in [3.63, 3.8) is 0 Å². The van der Waals surface area contributed by atoms with Gasteiger partial charge in [-0.3, -0.25) is 4.79 Å². The predicted molar refractivity (Wildman–Crippen MR) is 117 cm³/mol. The smallest absolute Gasteiger partial charge is 0.341 e. The van der Waals surface area contributed by atoms with E-state index in [2.05, 4.69) is 14.7 Å². The summed E-state index contributed by atoms with van der Waals surface area (Å²) in [6.45, 7) is 2.12. The molecule has 0 aliphatic heterocycles. The van der Waals surface area contributed by atoms with E-state index in [1.165, 1.54) is 64.1 Å². The molecule has 3 rings (SSSR count). The van der Waals surface area contributed by atoms with Gasteiger partial charge in [-0.1, -0.05) is 36.4 Å². The number of ether oxygens (including phenoxy) is 1. The van der Waals surface area contributed by atoms with Crippen LogP contribution in [0, 0.1) is 0 Å². The van der Waals surface area contributed by atoms with E-state index in [-0.39, 0.29) is 17.6 Å². The van der Waals surface area contributed by atoms with Gasteiger partial charge in [0.05, 0.1) is 17.9 Å². The SMILES string of the molecule is CCOC(=O)c1c(NC(=O)CSc2nc(SC)ns2)sc2c1CCCCCC2. The Morgan fingerprint density at radius 2 is 2.00 bits per heavy atom. The fraction of sp³-hybridized carbons (Fsp3) is 0.556. The van der Waals surface area contributed by atoms with Gasteiger partial charge in [-0.05, 0) is 56.0 Å². The van der Waals surface area contributed by atoms with Crippen molar-refractivity contribution in [1.82, 2.24) is 9.36 Å². The molecular weight excluding hydrogens is 434 g/mol. The quantitative estimate of drug-likeness (QED) is 0.468. The first-order valence-electron chi connectivity index (χ1n) is 9.24. The number of carbonyl (C=O) groups is 2. The molecule has 2 aromatic rings. The zero-order chi connectivity index (χ0) is 19.9. The first kappa shape index (κ1) is 21.6. The number of esters is 1. The Hall–Kier alpha value is -1.10. The van der Waals surface area contributed by atoms with Crippen LogP contribution in [0.15, 0.2) is 9.50 Å². The fourth-order valence-corrected chi connectivity index (χ4v) is 6.36. The maximum absolute atomic E-state index is 12.6. The molecule has 6 nitrogen and oxygen atoms in total. The molecule has 0 unspecified atom stereocenters. The zero-order valence-corrected chi connectivity index (χ0v) is 19.2. The van der Waals surface area contributed by atoms with E-state index in [4.69, 9.17) is 4.74 Å².